The molecule has 25 heavy (non-hydrogen) atoms. The minimum absolute atomic E-state index is 0.293. The fourth-order valence-electron chi connectivity index (χ4n) is 2.49. The number of nitrogens with one attached hydrogen (secondary N) is 1. The topological polar surface area (TPSA) is 76.3 Å². The lowest BCUT2D eigenvalue weighted by molar-refractivity contribution is 0.122. The molecular formula is C16H19F2N5OS. The first-order valence-electron chi connectivity index (χ1n) is 7.83. The summed E-state index contributed by atoms with van der Waals surface area (Å²) in [4.78, 5) is 10.9. The number of aromatic nitrogens is 2. The number of benzene rings is 1. The lowest BCUT2D eigenvalue weighted by Crippen LogP contribution is -2.37. The van der Waals surface area contributed by atoms with Gasteiger partial charge >= 0.3 is 0 Å². The molecule has 0 spiro atoms. The summed E-state index contributed by atoms with van der Waals surface area (Å²) in [5, 5.41) is 3.44. The average Bonchev–Trinajstić information content (AvgIpc) is 2.62. The van der Waals surface area contributed by atoms with Crippen molar-refractivity contribution < 1.29 is 13.5 Å². The summed E-state index contributed by atoms with van der Waals surface area (Å²) in [5.74, 6) is 0.289. The van der Waals surface area contributed by atoms with Gasteiger partial charge in [-0.05, 0) is 11.6 Å². The molecule has 3 N–H and O–H groups in total. The van der Waals surface area contributed by atoms with Crippen LogP contribution in [0.3, 0.4) is 0 Å². The maximum absolute atomic E-state index is 13.8. The number of rotatable bonds is 5. The maximum atomic E-state index is 13.8. The van der Waals surface area contributed by atoms with Gasteiger partial charge in [0.1, 0.15) is 17.3 Å². The molecule has 1 aliphatic heterocycles. The highest BCUT2D eigenvalue weighted by Crippen LogP contribution is 2.31. The van der Waals surface area contributed by atoms with Gasteiger partial charge in [0.25, 0.3) is 0 Å². The quantitative estimate of drug-likeness (QED) is 0.621. The molecule has 0 radical (unpaired) electrons. The normalized spacial score (nSPS) is 14.6. The van der Waals surface area contributed by atoms with Crippen molar-refractivity contribution in [3.8, 4) is 0 Å². The number of hydrogen-bond acceptors (Lipinski definition) is 7. The van der Waals surface area contributed by atoms with Crippen LogP contribution in [0.15, 0.2) is 23.4 Å². The Hall–Kier alpha value is -2.13. The highest BCUT2D eigenvalue weighted by atomic mass is 32.2. The zero-order chi connectivity index (χ0) is 17.8. The van der Waals surface area contributed by atoms with Gasteiger partial charge in [-0.25, -0.2) is 18.7 Å². The minimum Gasteiger partial charge on any atom is -0.393 e. The number of nitrogens with zero attached hydrogens (tertiary/aromatic N) is 3. The van der Waals surface area contributed by atoms with Gasteiger partial charge in [0.2, 0.25) is 0 Å². The molecule has 6 nitrogen and oxygen atoms in total. The van der Waals surface area contributed by atoms with Gasteiger partial charge < -0.3 is 20.7 Å². The van der Waals surface area contributed by atoms with Crippen molar-refractivity contribution in [2.24, 2.45) is 0 Å². The van der Waals surface area contributed by atoms with E-state index in [0.717, 1.165) is 6.07 Å². The van der Waals surface area contributed by atoms with E-state index >= 15 is 0 Å². The molecule has 1 saturated heterocycles. The van der Waals surface area contributed by atoms with E-state index in [0.29, 0.717) is 60.1 Å². The highest BCUT2D eigenvalue weighted by molar-refractivity contribution is 7.98. The Balaban J connectivity index is 1.82. The van der Waals surface area contributed by atoms with Crippen molar-refractivity contribution in [2.75, 3.05) is 49.3 Å². The molecule has 0 aliphatic carbocycles. The molecule has 0 atom stereocenters. The molecule has 1 aliphatic rings. The summed E-state index contributed by atoms with van der Waals surface area (Å²) in [6.07, 6.45) is 0. The lowest BCUT2D eigenvalue weighted by atomic mass is 10.2. The van der Waals surface area contributed by atoms with Crippen LogP contribution in [0.2, 0.25) is 0 Å². The van der Waals surface area contributed by atoms with Crippen molar-refractivity contribution in [1.29, 1.82) is 0 Å². The van der Waals surface area contributed by atoms with Crippen LogP contribution in [-0.2, 0) is 10.5 Å². The molecular weight excluding hydrogens is 348 g/mol. The molecule has 0 bridgehead atoms. The highest BCUT2D eigenvalue weighted by Gasteiger charge is 2.19. The zero-order valence-electron chi connectivity index (χ0n) is 13.8. The van der Waals surface area contributed by atoms with Crippen molar-refractivity contribution in [3.05, 3.63) is 35.4 Å². The predicted molar refractivity (Wildman–Crippen MR) is 94.9 cm³/mol. The van der Waals surface area contributed by atoms with Crippen LogP contribution >= 0.6 is 11.8 Å². The number of nitrogen functional groups attached to an aromatic ring is 1. The average molecular weight is 367 g/mol. The van der Waals surface area contributed by atoms with Crippen LogP contribution in [0, 0.1) is 11.6 Å². The van der Waals surface area contributed by atoms with Gasteiger partial charge in [0.15, 0.2) is 16.8 Å². The molecule has 2 aromatic rings. The second-order valence-electron chi connectivity index (χ2n) is 5.47. The Labute approximate surface area is 148 Å². The summed E-state index contributed by atoms with van der Waals surface area (Å²) in [5.41, 5.74) is 7.03. The number of hydrogen-bond donors (Lipinski definition) is 2. The third-order valence-electron chi connectivity index (χ3n) is 3.82. The van der Waals surface area contributed by atoms with E-state index in [9.17, 15) is 8.78 Å². The van der Waals surface area contributed by atoms with E-state index in [2.05, 4.69) is 15.3 Å². The van der Waals surface area contributed by atoms with Crippen molar-refractivity contribution >= 4 is 29.1 Å². The van der Waals surface area contributed by atoms with E-state index < -0.39 is 11.6 Å². The second kappa shape index (κ2) is 7.83. The Bertz CT molecular complexity index is 756. The Morgan fingerprint density at radius 1 is 1.28 bits per heavy atom. The number of morpholine rings is 1. The van der Waals surface area contributed by atoms with E-state index in [4.69, 9.17) is 10.5 Å². The maximum Gasteiger partial charge on any atom is 0.191 e. The molecule has 9 heteroatoms. The zero-order valence-corrected chi connectivity index (χ0v) is 14.6. The summed E-state index contributed by atoms with van der Waals surface area (Å²) in [6, 6.07) is 3.54. The molecule has 0 amide bonds. The molecule has 134 valence electrons. The second-order valence-corrected chi connectivity index (χ2v) is 6.41. The van der Waals surface area contributed by atoms with Gasteiger partial charge in [-0.15, -0.1) is 0 Å². The van der Waals surface area contributed by atoms with Crippen molar-refractivity contribution in [3.63, 3.8) is 0 Å². The Kier molecular flexibility index (Phi) is 5.54. The Morgan fingerprint density at radius 2 is 2.04 bits per heavy atom. The smallest absolute Gasteiger partial charge is 0.191 e. The van der Waals surface area contributed by atoms with Crippen LogP contribution in [0.5, 0.6) is 0 Å². The summed E-state index contributed by atoms with van der Waals surface area (Å²) in [7, 11) is 1.73. The molecule has 2 heterocycles. The first kappa shape index (κ1) is 17.7. The van der Waals surface area contributed by atoms with Crippen LogP contribution in [0.25, 0.3) is 0 Å². The largest absolute Gasteiger partial charge is 0.393 e. The molecule has 1 aromatic heterocycles. The van der Waals surface area contributed by atoms with Crippen LogP contribution in [0.4, 0.5) is 26.1 Å². The van der Waals surface area contributed by atoms with E-state index in [-0.39, 0.29) is 0 Å². The molecule has 3 rings (SSSR count). The van der Waals surface area contributed by atoms with Gasteiger partial charge in [0, 0.05) is 32.0 Å². The number of halogens is 2. The third-order valence-corrected chi connectivity index (χ3v) is 4.72. The molecule has 0 unspecified atom stereocenters. The number of thioether (sulfide) groups is 1. The first-order valence-corrected chi connectivity index (χ1v) is 8.81. The van der Waals surface area contributed by atoms with E-state index in [1.165, 1.54) is 23.9 Å². The fourth-order valence-corrected chi connectivity index (χ4v) is 3.32. The summed E-state index contributed by atoms with van der Waals surface area (Å²) in [6.45, 7) is 2.62. The fraction of sp³-hybridized carbons (Fsp3) is 0.375. The monoisotopic (exact) mass is 367 g/mol. The van der Waals surface area contributed by atoms with Crippen molar-refractivity contribution in [1.82, 2.24) is 9.97 Å². The van der Waals surface area contributed by atoms with Gasteiger partial charge in [-0.1, -0.05) is 17.8 Å². The number of anilines is 3. The first-order chi connectivity index (χ1) is 12.1. The van der Waals surface area contributed by atoms with Gasteiger partial charge in [-0.3, -0.25) is 0 Å². The van der Waals surface area contributed by atoms with Gasteiger partial charge in [0.05, 0.1) is 13.2 Å². The van der Waals surface area contributed by atoms with Crippen molar-refractivity contribution in [2.45, 2.75) is 10.9 Å². The standard InChI is InChI=1S/C16H19F2N5OS/c1-20-14-13(19)15(23-4-6-24-7-5-23)22-16(21-14)25-9-10-2-3-11(17)8-12(10)18/h2-3,8H,4-7,9,19H2,1H3,(H,20,21,22). The summed E-state index contributed by atoms with van der Waals surface area (Å²) >= 11 is 1.27. The number of ether oxygens (including phenoxy) is 1. The van der Waals surface area contributed by atoms with Crippen LogP contribution in [-0.4, -0.2) is 43.3 Å². The molecule has 0 saturated carbocycles. The predicted octanol–water partition coefficient (Wildman–Crippen LogP) is 2.51. The molecule has 1 aromatic carbocycles. The van der Waals surface area contributed by atoms with E-state index in [1.54, 1.807) is 7.05 Å². The van der Waals surface area contributed by atoms with Crippen LogP contribution in [0.1, 0.15) is 5.56 Å². The van der Waals surface area contributed by atoms with Crippen LogP contribution < -0.4 is 16.0 Å². The molecule has 1 fully saturated rings. The van der Waals surface area contributed by atoms with Gasteiger partial charge in [-0.2, -0.15) is 0 Å². The lowest BCUT2D eigenvalue weighted by Gasteiger charge is -2.29. The minimum atomic E-state index is -0.595. The van der Waals surface area contributed by atoms with E-state index in [1.807, 2.05) is 4.90 Å². The Morgan fingerprint density at radius 3 is 2.72 bits per heavy atom. The summed E-state index contributed by atoms with van der Waals surface area (Å²) < 4.78 is 32.1. The number of nitrogens with two attached hydrogens (primary N) is 1. The SMILES string of the molecule is CNc1nc(SCc2ccc(F)cc2F)nc(N2CCOCC2)c1N. The third kappa shape index (κ3) is 4.10.